The van der Waals surface area contributed by atoms with E-state index in [-0.39, 0.29) is 11.9 Å². The lowest BCUT2D eigenvalue weighted by molar-refractivity contribution is 0.451. The lowest BCUT2D eigenvalue weighted by atomic mass is 9.99. The monoisotopic (exact) mass is 275 g/mol. The second-order valence-electron chi connectivity index (χ2n) is 5.13. The van der Waals surface area contributed by atoms with Gasteiger partial charge in [-0.05, 0) is 55.6 Å². The normalized spacial score (nSPS) is 12.6. The van der Waals surface area contributed by atoms with Gasteiger partial charge in [0.1, 0.15) is 11.6 Å². The molecule has 0 spiro atoms. The number of furan rings is 1. The van der Waals surface area contributed by atoms with Crippen molar-refractivity contribution in [3.8, 4) is 0 Å². The molecule has 2 nitrogen and oxygen atoms in total. The molecule has 1 N–H and O–H groups in total. The van der Waals surface area contributed by atoms with E-state index in [1.807, 2.05) is 24.3 Å². The molecule has 1 atom stereocenters. The van der Waals surface area contributed by atoms with Crippen molar-refractivity contribution in [2.45, 2.75) is 39.2 Å². The Morgan fingerprint density at radius 2 is 2.15 bits per heavy atom. The summed E-state index contributed by atoms with van der Waals surface area (Å²) in [4.78, 5) is 0. The summed E-state index contributed by atoms with van der Waals surface area (Å²) in [5.41, 5.74) is 1.70. The summed E-state index contributed by atoms with van der Waals surface area (Å²) in [6.07, 6.45) is 4.50. The average molecular weight is 275 g/mol. The average Bonchev–Trinajstić information content (AvgIpc) is 2.95. The van der Waals surface area contributed by atoms with E-state index in [1.54, 1.807) is 19.3 Å². The van der Waals surface area contributed by atoms with Crippen LogP contribution >= 0.6 is 0 Å². The molecule has 0 fully saturated rings. The van der Waals surface area contributed by atoms with Gasteiger partial charge in [0.25, 0.3) is 0 Å². The van der Waals surface area contributed by atoms with Gasteiger partial charge in [-0.2, -0.15) is 0 Å². The third kappa shape index (κ3) is 3.94. The number of hydrogen-bond donors (Lipinski definition) is 1. The maximum Gasteiger partial charge on any atom is 0.126 e. The number of nitrogens with one attached hydrogen (secondary N) is 1. The van der Waals surface area contributed by atoms with Crippen LogP contribution < -0.4 is 5.32 Å². The fraction of sp³-hybridized carbons (Fsp3) is 0.412. The largest absolute Gasteiger partial charge is 0.469 e. The number of rotatable bonds is 7. The summed E-state index contributed by atoms with van der Waals surface area (Å²) >= 11 is 0. The molecule has 0 aliphatic heterocycles. The molecule has 1 aromatic heterocycles. The molecule has 0 radical (unpaired) electrons. The second kappa shape index (κ2) is 7.25. The van der Waals surface area contributed by atoms with Gasteiger partial charge < -0.3 is 9.73 Å². The summed E-state index contributed by atoms with van der Waals surface area (Å²) in [5, 5.41) is 3.49. The Labute approximate surface area is 120 Å². The van der Waals surface area contributed by atoms with E-state index in [9.17, 15) is 4.39 Å². The lowest BCUT2D eigenvalue weighted by Crippen LogP contribution is -2.23. The second-order valence-corrected chi connectivity index (χ2v) is 5.13. The van der Waals surface area contributed by atoms with E-state index in [2.05, 4.69) is 12.2 Å². The quantitative estimate of drug-likeness (QED) is 0.810. The molecule has 1 heterocycles. The highest BCUT2D eigenvalue weighted by molar-refractivity contribution is 5.26. The zero-order valence-corrected chi connectivity index (χ0v) is 12.2. The van der Waals surface area contributed by atoms with E-state index in [0.717, 1.165) is 37.1 Å². The Morgan fingerprint density at radius 1 is 1.30 bits per heavy atom. The first kappa shape index (κ1) is 14.8. The third-order valence-corrected chi connectivity index (χ3v) is 3.50. The summed E-state index contributed by atoms with van der Waals surface area (Å²) < 4.78 is 19.1. The zero-order valence-electron chi connectivity index (χ0n) is 12.2. The van der Waals surface area contributed by atoms with Crippen LogP contribution in [0.5, 0.6) is 0 Å². The van der Waals surface area contributed by atoms with Crippen LogP contribution in [0, 0.1) is 12.7 Å². The van der Waals surface area contributed by atoms with Crippen molar-refractivity contribution in [2.24, 2.45) is 0 Å². The molecule has 20 heavy (non-hydrogen) atoms. The third-order valence-electron chi connectivity index (χ3n) is 3.50. The highest BCUT2D eigenvalue weighted by Crippen LogP contribution is 2.21. The lowest BCUT2D eigenvalue weighted by Gasteiger charge is -2.19. The summed E-state index contributed by atoms with van der Waals surface area (Å²) in [5.74, 6) is 0.838. The molecule has 0 aliphatic rings. The topological polar surface area (TPSA) is 25.2 Å². The minimum Gasteiger partial charge on any atom is -0.469 e. The van der Waals surface area contributed by atoms with Crippen LogP contribution in [0.3, 0.4) is 0 Å². The maximum atomic E-state index is 13.7. The Hall–Kier alpha value is -1.61. The van der Waals surface area contributed by atoms with Crippen molar-refractivity contribution in [3.63, 3.8) is 0 Å². The molecular formula is C17H22FNO. The molecule has 0 amide bonds. The Balaban J connectivity index is 2.07. The minimum atomic E-state index is -0.135. The van der Waals surface area contributed by atoms with Gasteiger partial charge in [0, 0.05) is 12.5 Å². The van der Waals surface area contributed by atoms with Crippen molar-refractivity contribution < 1.29 is 8.81 Å². The van der Waals surface area contributed by atoms with Crippen molar-refractivity contribution in [3.05, 3.63) is 59.3 Å². The SMILES string of the molecule is CCCNC(CCc1ccco1)c1ccc(C)c(F)c1. The summed E-state index contributed by atoms with van der Waals surface area (Å²) in [6.45, 7) is 4.85. The van der Waals surface area contributed by atoms with E-state index in [1.165, 1.54) is 0 Å². The van der Waals surface area contributed by atoms with Crippen LogP contribution in [-0.2, 0) is 6.42 Å². The smallest absolute Gasteiger partial charge is 0.126 e. The first-order valence-corrected chi connectivity index (χ1v) is 7.22. The van der Waals surface area contributed by atoms with Crippen LogP contribution in [0.4, 0.5) is 4.39 Å². The number of benzene rings is 1. The standard InChI is InChI=1S/C17H22FNO/c1-3-10-19-17(9-8-15-5-4-11-20-15)14-7-6-13(2)16(18)12-14/h4-7,11-12,17,19H,3,8-10H2,1-2H3. The fourth-order valence-electron chi connectivity index (χ4n) is 2.27. The molecule has 1 aromatic carbocycles. The molecule has 0 saturated heterocycles. The van der Waals surface area contributed by atoms with Crippen LogP contribution in [0.25, 0.3) is 0 Å². The molecule has 2 rings (SSSR count). The van der Waals surface area contributed by atoms with E-state index >= 15 is 0 Å². The van der Waals surface area contributed by atoms with Crippen molar-refractivity contribution in [2.75, 3.05) is 6.54 Å². The minimum absolute atomic E-state index is 0.135. The highest BCUT2D eigenvalue weighted by atomic mass is 19.1. The molecule has 1 unspecified atom stereocenters. The van der Waals surface area contributed by atoms with Crippen molar-refractivity contribution >= 4 is 0 Å². The fourth-order valence-corrected chi connectivity index (χ4v) is 2.27. The predicted octanol–water partition coefficient (Wildman–Crippen LogP) is 4.40. The highest BCUT2D eigenvalue weighted by Gasteiger charge is 2.13. The Bertz CT molecular complexity index is 522. The zero-order chi connectivity index (χ0) is 14.4. The summed E-state index contributed by atoms with van der Waals surface area (Å²) in [6, 6.07) is 9.54. The molecule has 0 bridgehead atoms. The van der Waals surface area contributed by atoms with Gasteiger partial charge in [0.05, 0.1) is 6.26 Å². The number of halogens is 1. The van der Waals surface area contributed by atoms with Gasteiger partial charge in [0.15, 0.2) is 0 Å². The van der Waals surface area contributed by atoms with E-state index in [4.69, 9.17) is 4.42 Å². The molecule has 0 aliphatic carbocycles. The molecule has 0 saturated carbocycles. The van der Waals surface area contributed by atoms with E-state index < -0.39 is 0 Å². The maximum absolute atomic E-state index is 13.7. The number of hydrogen-bond acceptors (Lipinski definition) is 2. The summed E-state index contributed by atoms with van der Waals surface area (Å²) in [7, 11) is 0. The molecular weight excluding hydrogens is 253 g/mol. The first-order chi connectivity index (χ1) is 9.70. The first-order valence-electron chi connectivity index (χ1n) is 7.22. The van der Waals surface area contributed by atoms with Gasteiger partial charge in [-0.3, -0.25) is 0 Å². The van der Waals surface area contributed by atoms with Gasteiger partial charge in [-0.1, -0.05) is 19.1 Å². The Morgan fingerprint density at radius 3 is 2.80 bits per heavy atom. The molecule has 3 heteroatoms. The molecule has 108 valence electrons. The van der Waals surface area contributed by atoms with Crippen LogP contribution in [-0.4, -0.2) is 6.54 Å². The molecule has 2 aromatic rings. The van der Waals surface area contributed by atoms with Crippen LogP contribution in [0.2, 0.25) is 0 Å². The van der Waals surface area contributed by atoms with Crippen molar-refractivity contribution in [1.82, 2.24) is 5.32 Å². The van der Waals surface area contributed by atoms with Crippen molar-refractivity contribution in [1.29, 1.82) is 0 Å². The van der Waals surface area contributed by atoms with Gasteiger partial charge >= 0.3 is 0 Å². The van der Waals surface area contributed by atoms with E-state index in [0.29, 0.717) is 5.56 Å². The Kier molecular flexibility index (Phi) is 5.36. The van der Waals surface area contributed by atoms with Gasteiger partial charge in [0.2, 0.25) is 0 Å². The number of aryl methyl sites for hydroxylation is 2. The van der Waals surface area contributed by atoms with Gasteiger partial charge in [-0.15, -0.1) is 0 Å². The predicted molar refractivity (Wildman–Crippen MR) is 79.2 cm³/mol. The van der Waals surface area contributed by atoms with Crippen LogP contribution in [0.1, 0.15) is 42.7 Å². The van der Waals surface area contributed by atoms with Gasteiger partial charge in [-0.25, -0.2) is 4.39 Å². The van der Waals surface area contributed by atoms with Crippen LogP contribution in [0.15, 0.2) is 41.0 Å².